The van der Waals surface area contributed by atoms with Crippen molar-refractivity contribution in [3.8, 4) is 5.88 Å². The van der Waals surface area contributed by atoms with E-state index in [1.165, 1.54) is 12.1 Å². The average Bonchev–Trinajstić information content (AvgIpc) is 3.45. The fraction of sp³-hybridized carbons (Fsp3) is 0.410. The molecule has 49 heavy (non-hydrogen) atoms. The lowest BCUT2D eigenvalue weighted by molar-refractivity contribution is -0.0480. The molecule has 4 atom stereocenters. The van der Waals surface area contributed by atoms with Crippen LogP contribution in [0.2, 0.25) is 18.1 Å². The molecule has 8 nitrogen and oxygen atoms in total. The van der Waals surface area contributed by atoms with E-state index in [0.29, 0.717) is 35.1 Å². The van der Waals surface area contributed by atoms with Crippen LogP contribution in [0.15, 0.2) is 70.5 Å². The fourth-order valence-corrected chi connectivity index (χ4v) is 9.42. The van der Waals surface area contributed by atoms with Crippen molar-refractivity contribution in [2.45, 2.75) is 76.9 Å². The fourth-order valence-electron chi connectivity index (χ4n) is 7.97. The number of Topliss-reactive ketones (excluding diaryl/α,β-unsaturated/α-hetero) is 2. The summed E-state index contributed by atoms with van der Waals surface area (Å²) in [7, 11) is 0.978. The Bertz CT molecular complexity index is 2050. The van der Waals surface area contributed by atoms with Crippen molar-refractivity contribution < 1.29 is 32.8 Å². The molecule has 256 valence electrons. The number of ether oxygens (including phenoxy) is 1. The molecule has 0 spiro atoms. The molecule has 3 aliphatic carbocycles. The first-order valence-corrected chi connectivity index (χ1v) is 19.8. The van der Waals surface area contributed by atoms with Gasteiger partial charge in [0.15, 0.2) is 25.5 Å². The molecule has 0 bridgehead atoms. The molecule has 1 heterocycles. The van der Waals surface area contributed by atoms with Crippen molar-refractivity contribution in [3.63, 3.8) is 0 Å². The van der Waals surface area contributed by atoms with Crippen LogP contribution in [0.25, 0.3) is 10.8 Å². The van der Waals surface area contributed by atoms with Gasteiger partial charge >= 0.3 is 0 Å². The van der Waals surface area contributed by atoms with Crippen LogP contribution in [0.3, 0.4) is 0 Å². The zero-order valence-electron chi connectivity index (χ0n) is 29.3. The molecular weight excluding hydrogens is 640 g/mol. The SMILES string of the molecule is Cc1c2c(cc3ccc(F)cc13)C[C@H]1C[C@H]3[C@H](N(C)C)c4onc(OCc5ccccc5)c4C(=O)[C@@]3(O[Si](C)(C)C(C)(C)C)C(O)=C1C2=O. The minimum Gasteiger partial charge on any atom is -0.508 e. The zero-order chi connectivity index (χ0) is 35.2. The minimum atomic E-state index is -2.83. The molecule has 3 aromatic carbocycles. The highest BCUT2D eigenvalue weighted by Crippen LogP contribution is 2.59. The van der Waals surface area contributed by atoms with Crippen molar-refractivity contribution in [2.75, 3.05) is 14.1 Å². The first kappa shape index (κ1) is 33.4. The van der Waals surface area contributed by atoms with Gasteiger partial charge in [-0.05, 0) is 103 Å². The van der Waals surface area contributed by atoms with Crippen LogP contribution < -0.4 is 4.74 Å². The Morgan fingerprint density at radius 3 is 2.47 bits per heavy atom. The molecule has 0 radical (unpaired) electrons. The van der Waals surface area contributed by atoms with Gasteiger partial charge in [-0.25, -0.2) is 4.39 Å². The second-order valence-corrected chi connectivity index (χ2v) is 20.3. The monoisotopic (exact) mass is 682 g/mol. The van der Waals surface area contributed by atoms with Crippen LogP contribution in [0.5, 0.6) is 5.88 Å². The number of allylic oxidation sites excluding steroid dienone is 1. The highest BCUT2D eigenvalue weighted by atomic mass is 28.4. The van der Waals surface area contributed by atoms with Crippen molar-refractivity contribution in [1.29, 1.82) is 0 Å². The number of halogens is 1. The van der Waals surface area contributed by atoms with Gasteiger partial charge in [0, 0.05) is 17.1 Å². The van der Waals surface area contributed by atoms with E-state index in [2.05, 4.69) is 25.9 Å². The summed E-state index contributed by atoms with van der Waals surface area (Å²) in [6.07, 6.45) is 0.860. The van der Waals surface area contributed by atoms with E-state index in [0.717, 1.165) is 16.5 Å². The number of aromatic nitrogens is 1. The summed E-state index contributed by atoms with van der Waals surface area (Å²) in [4.78, 5) is 32.0. The maximum absolute atomic E-state index is 15.3. The largest absolute Gasteiger partial charge is 0.508 e. The molecule has 4 aromatic rings. The molecule has 0 saturated heterocycles. The predicted molar refractivity (Wildman–Crippen MR) is 187 cm³/mol. The predicted octanol–water partition coefficient (Wildman–Crippen LogP) is 8.30. The number of rotatable bonds is 6. The van der Waals surface area contributed by atoms with E-state index in [1.54, 1.807) is 6.07 Å². The first-order valence-electron chi connectivity index (χ1n) is 16.8. The number of benzene rings is 3. The van der Waals surface area contributed by atoms with Gasteiger partial charge in [0.25, 0.3) is 5.88 Å². The molecule has 7 rings (SSSR count). The smallest absolute Gasteiger partial charge is 0.265 e. The van der Waals surface area contributed by atoms with E-state index in [1.807, 2.05) is 75.4 Å². The van der Waals surface area contributed by atoms with E-state index in [-0.39, 0.29) is 46.1 Å². The van der Waals surface area contributed by atoms with Crippen molar-refractivity contribution >= 4 is 30.7 Å². The Morgan fingerprint density at radius 1 is 1.08 bits per heavy atom. The van der Waals surface area contributed by atoms with Crippen LogP contribution in [0.1, 0.15) is 76.4 Å². The maximum Gasteiger partial charge on any atom is 0.265 e. The number of aliphatic hydroxyl groups excluding tert-OH is 1. The van der Waals surface area contributed by atoms with Gasteiger partial charge in [0.2, 0.25) is 5.78 Å². The number of carbonyl (C=O) groups is 2. The number of aryl methyl sites for hydroxylation is 1. The number of fused-ring (bicyclic) bond motifs is 5. The Morgan fingerprint density at radius 2 is 1.80 bits per heavy atom. The second-order valence-electron chi connectivity index (χ2n) is 15.6. The van der Waals surface area contributed by atoms with Gasteiger partial charge in [-0.1, -0.05) is 63.2 Å². The number of aliphatic hydroxyl groups is 1. The Hall–Kier alpha value is -4.12. The van der Waals surface area contributed by atoms with Gasteiger partial charge in [0.1, 0.15) is 23.7 Å². The topological polar surface area (TPSA) is 102 Å². The molecular formula is C39H43FN2O6Si. The van der Waals surface area contributed by atoms with Gasteiger partial charge in [-0.3, -0.25) is 14.5 Å². The van der Waals surface area contributed by atoms with Crippen molar-refractivity contribution in [1.82, 2.24) is 10.1 Å². The summed E-state index contributed by atoms with van der Waals surface area (Å²) in [5.41, 5.74) is 1.25. The van der Waals surface area contributed by atoms with Gasteiger partial charge in [0.05, 0.1) is 6.04 Å². The lowest BCUT2D eigenvalue weighted by atomic mass is 9.58. The molecule has 10 heteroatoms. The molecule has 0 amide bonds. The quantitative estimate of drug-likeness (QED) is 0.203. The van der Waals surface area contributed by atoms with Crippen LogP contribution in [-0.2, 0) is 17.5 Å². The summed E-state index contributed by atoms with van der Waals surface area (Å²) in [6.45, 7) is 12.3. The van der Waals surface area contributed by atoms with Gasteiger partial charge < -0.3 is 18.8 Å². The molecule has 3 aliphatic rings. The third-order valence-corrected chi connectivity index (χ3v) is 15.8. The molecule has 0 fully saturated rings. The third-order valence-electron chi connectivity index (χ3n) is 11.4. The Balaban J connectivity index is 1.45. The molecule has 0 aliphatic heterocycles. The van der Waals surface area contributed by atoms with E-state index >= 15 is 4.79 Å². The number of ketones is 2. The third kappa shape index (κ3) is 5.01. The maximum atomic E-state index is 15.3. The van der Waals surface area contributed by atoms with Crippen molar-refractivity contribution in [2.24, 2.45) is 11.8 Å². The number of hydrogen-bond donors (Lipinski definition) is 1. The van der Waals surface area contributed by atoms with Gasteiger partial charge in [-0.2, -0.15) is 0 Å². The van der Waals surface area contributed by atoms with E-state index in [4.69, 9.17) is 13.7 Å². The lowest BCUT2D eigenvalue weighted by Crippen LogP contribution is -2.65. The van der Waals surface area contributed by atoms with Crippen LogP contribution in [0, 0.1) is 24.6 Å². The van der Waals surface area contributed by atoms with Gasteiger partial charge in [-0.15, -0.1) is 0 Å². The minimum absolute atomic E-state index is 0.0249. The summed E-state index contributed by atoms with van der Waals surface area (Å²) < 4.78 is 33.7. The molecule has 0 saturated carbocycles. The van der Waals surface area contributed by atoms with Crippen molar-refractivity contribution in [3.05, 3.63) is 105 Å². The lowest BCUT2D eigenvalue weighted by Gasteiger charge is -2.55. The van der Waals surface area contributed by atoms with E-state index < -0.39 is 37.5 Å². The van der Waals surface area contributed by atoms with Crippen LogP contribution in [0.4, 0.5) is 4.39 Å². The molecule has 1 aromatic heterocycles. The highest BCUT2D eigenvalue weighted by Gasteiger charge is 2.67. The Kier molecular flexibility index (Phi) is 7.81. The summed E-state index contributed by atoms with van der Waals surface area (Å²) in [6, 6.07) is 15.6. The number of hydrogen-bond acceptors (Lipinski definition) is 8. The average molecular weight is 683 g/mol. The summed E-state index contributed by atoms with van der Waals surface area (Å²) >= 11 is 0. The summed E-state index contributed by atoms with van der Waals surface area (Å²) in [5, 5.41) is 18.1. The van der Waals surface area contributed by atoms with E-state index in [9.17, 15) is 14.3 Å². The number of carbonyl (C=O) groups excluding carboxylic acids is 2. The van der Waals surface area contributed by atoms with Crippen LogP contribution >= 0.6 is 0 Å². The molecule has 1 N–H and O–H groups in total. The molecule has 0 unspecified atom stereocenters. The first-order chi connectivity index (χ1) is 23.1. The van der Waals surface area contributed by atoms with Crippen LogP contribution in [-0.4, -0.2) is 54.7 Å². The second kappa shape index (κ2) is 11.5. The normalized spacial score (nSPS) is 23.8. The zero-order valence-corrected chi connectivity index (χ0v) is 30.3. The highest BCUT2D eigenvalue weighted by molar-refractivity contribution is 6.74. The number of nitrogens with zero attached hydrogens (tertiary/aromatic N) is 2. The Labute approximate surface area is 287 Å². The standard InChI is InChI=1S/C39H43FN2O6Si/c1-21-27-19-26(40)15-14-23(27)16-24-17-25-18-28-32(42(5)6)34-31(37(41-47-34)46-20-22-12-10-9-11-13-22)36(45)39(28,48-49(7,8)38(2,3)4)35(44)30(25)33(43)29(21)24/h9-16,19,25,28,32,44H,17-18,20H2,1-8H3/t25-,28-,32-,39-/m0/s1. The summed E-state index contributed by atoms with van der Waals surface area (Å²) in [5.74, 6) is -2.20.